The van der Waals surface area contributed by atoms with Crippen molar-refractivity contribution in [2.45, 2.75) is 19.9 Å². The Bertz CT molecular complexity index is 806. The molecule has 1 aromatic carbocycles. The van der Waals surface area contributed by atoms with Crippen LogP contribution >= 0.6 is 11.6 Å². The fourth-order valence-corrected chi connectivity index (χ4v) is 2.55. The van der Waals surface area contributed by atoms with Crippen LogP contribution in [0.25, 0.3) is 0 Å². The third-order valence-corrected chi connectivity index (χ3v) is 3.95. The van der Waals surface area contributed by atoms with E-state index < -0.39 is 0 Å². The summed E-state index contributed by atoms with van der Waals surface area (Å²) in [4.78, 5) is 12.9. The molecule has 0 aliphatic heterocycles. The Morgan fingerprint density at radius 2 is 1.56 bits per heavy atom. The number of aryl methyl sites for hydroxylation is 1. The Balaban J connectivity index is 1.56. The molecule has 0 bridgehead atoms. The predicted octanol–water partition coefficient (Wildman–Crippen LogP) is 4.10. The zero-order valence-corrected chi connectivity index (χ0v) is 14.8. The van der Waals surface area contributed by atoms with Gasteiger partial charge in [0.1, 0.15) is 17.5 Å². The second-order valence-corrected chi connectivity index (χ2v) is 6.13. The maximum absolute atomic E-state index is 5.91. The average molecular weight is 354 g/mol. The summed E-state index contributed by atoms with van der Waals surface area (Å²) >= 11 is 5.91. The van der Waals surface area contributed by atoms with E-state index in [1.165, 1.54) is 5.56 Å². The molecule has 0 unspecified atom stereocenters. The molecule has 2 heterocycles. The van der Waals surface area contributed by atoms with Crippen LogP contribution in [0.3, 0.4) is 0 Å². The van der Waals surface area contributed by atoms with Gasteiger partial charge in [-0.3, -0.25) is 4.98 Å². The molecule has 0 radical (unpaired) electrons. The summed E-state index contributed by atoms with van der Waals surface area (Å²) in [6, 6.07) is 13.8. The van der Waals surface area contributed by atoms with Crippen molar-refractivity contribution in [2.24, 2.45) is 0 Å². The van der Waals surface area contributed by atoms with E-state index in [4.69, 9.17) is 11.6 Å². The minimum absolute atomic E-state index is 0.698. The van der Waals surface area contributed by atoms with Gasteiger partial charge < -0.3 is 10.6 Å². The van der Waals surface area contributed by atoms with E-state index in [0.717, 1.165) is 41.0 Å². The highest BCUT2D eigenvalue weighted by Crippen LogP contribution is 2.13. The first-order chi connectivity index (χ1) is 12.2. The van der Waals surface area contributed by atoms with Gasteiger partial charge in [-0.1, -0.05) is 23.7 Å². The Hall–Kier alpha value is -2.66. The van der Waals surface area contributed by atoms with Gasteiger partial charge >= 0.3 is 0 Å². The Labute approximate surface area is 152 Å². The normalized spacial score (nSPS) is 10.5. The summed E-state index contributed by atoms with van der Waals surface area (Å²) in [5.41, 5.74) is 2.39. The number of halogens is 1. The van der Waals surface area contributed by atoms with Crippen molar-refractivity contribution in [2.75, 3.05) is 17.2 Å². The fraction of sp³-hybridized carbons (Fsp3) is 0.211. The van der Waals surface area contributed by atoms with Gasteiger partial charge in [-0.05, 0) is 48.7 Å². The minimum atomic E-state index is 0.698. The number of hydrogen-bond donors (Lipinski definition) is 2. The van der Waals surface area contributed by atoms with Crippen molar-refractivity contribution in [1.82, 2.24) is 15.0 Å². The van der Waals surface area contributed by atoms with Gasteiger partial charge in [0.15, 0.2) is 0 Å². The fourth-order valence-electron chi connectivity index (χ4n) is 2.43. The van der Waals surface area contributed by atoms with Crippen LogP contribution in [0.2, 0.25) is 5.02 Å². The second-order valence-electron chi connectivity index (χ2n) is 5.70. The molecule has 3 aromatic rings. The standard InChI is InChI=1S/C19H20ClN5/c1-14-24-18(22-11-8-15-2-4-17(20)5-3-15)12-19(25-14)23-13-16-6-9-21-10-7-16/h2-7,9-10,12H,8,11,13H2,1H3,(H2,22,23,24,25). The highest BCUT2D eigenvalue weighted by molar-refractivity contribution is 6.30. The number of hydrogen-bond acceptors (Lipinski definition) is 5. The number of nitrogens with zero attached hydrogens (tertiary/aromatic N) is 3. The smallest absolute Gasteiger partial charge is 0.132 e. The molecule has 5 nitrogen and oxygen atoms in total. The van der Waals surface area contributed by atoms with E-state index >= 15 is 0 Å². The van der Waals surface area contributed by atoms with E-state index in [9.17, 15) is 0 Å². The zero-order chi connectivity index (χ0) is 17.5. The average Bonchev–Trinajstić information content (AvgIpc) is 2.62. The lowest BCUT2D eigenvalue weighted by Crippen LogP contribution is -2.09. The molecule has 3 rings (SSSR count). The summed E-state index contributed by atoms with van der Waals surface area (Å²) in [5, 5.41) is 7.43. The lowest BCUT2D eigenvalue weighted by Gasteiger charge is -2.10. The maximum Gasteiger partial charge on any atom is 0.132 e. The van der Waals surface area contributed by atoms with E-state index in [0.29, 0.717) is 6.54 Å². The molecule has 6 heteroatoms. The lowest BCUT2D eigenvalue weighted by atomic mass is 10.1. The van der Waals surface area contributed by atoms with Gasteiger partial charge in [-0.15, -0.1) is 0 Å². The first-order valence-corrected chi connectivity index (χ1v) is 8.53. The van der Waals surface area contributed by atoms with Gasteiger partial charge in [0.05, 0.1) is 0 Å². The largest absolute Gasteiger partial charge is 0.370 e. The summed E-state index contributed by atoms with van der Waals surface area (Å²) < 4.78 is 0. The highest BCUT2D eigenvalue weighted by Gasteiger charge is 2.02. The summed E-state index contributed by atoms with van der Waals surface area (Å²) in [7, 11) is 0. The quantitative estimate of drug-likeness (QED) is 0.669. The van der Waals surface area contributed by atoms with Crippen LogP contribution in [-0.2, 0) is 13.0 Å². The Morgan fingerprint density at radius 1 is 0.880 bits per heavy atom. The molecule has 0 aliphatic carbocycles. The molecule has 25 heavy (non-hydrogen) atoms. The van der Waals surface area contributed by atoms with Crippen LogP contribution in [-0.4, -0.2) is 21.5 Å². The van der Waals surface area contributed by atoms with Gasteiger partial charge in [0.2, 0.25) is 0 Å². The molecular formula is C19H20ClN5. The molecule has 0 fully saturated rings. The van der Waals surface area contributed by atoms with Crippen LogP contribution in [0.1, 0.15) is 17.0 Å². The number of benzene rings is 1. The molecule has 0 spiro atoms. The molecule has 0 amide bonds. The third-order valence-electron chi connectivity index (χ3n) is 3.69. The minimum Gasteiger partial charge on any atom is -0.370 e. The van der Waals surface area contributed by atoms with Gasteiger partial charge in [-0.25, -0.2) is 9.97 Å². The number of nitrogens with one attached hydrogen (secondary N) is 2. The van der Waals surface area contributed by atoms with E-state index in [1.807, 2.05) is 49.4 Å². The Kier molecular flexibility index (Phi) is 5.80. The van der Waals surface area contributed by atoms with Gasteiger partial charge in [0.25, 0.3) is 0 Å². The van der Waals surface area contributed by atoms with E-state index in [2.05, 4.69) is 25.6 Å². The Morgan fingerprint density at radius 3 is 2.28 bits per heavy atom. The molecular weight excluding hydrogens is 334 g/mol. The summed E-state index contributed by atoms with van der Waals surface area (Å²) in [6.07, 6.45) is 4.47. The number of anilines is 2. The van der Waals surface area contributed by atoms with Crippen LogP contribution in [0, 0.1) is 6.92 Å². The van der Waals surface area contributed by atoms with Crippen molar-refractivity contribution in [3.8, 4) is 0 Å². The molecule has 0 saturated carbocycles. The predicted molar refractivity (Wildman–Crippen MR) is 102 cm³/mol. The topological polar surface area (TPSA) is 62.7 Å². The van der Waals surface area contributed by atoms with Gasteiger partial charge in [-0.2, -0.15) is 0 Å². The molecule has 2 aromatic heterocycles. The van der Waals surface area contributed by atoms with E-state index in [-0.39, 0.29) is 0 Å². The van der Waals surface area contributed by atoms with Crippen LogP contribution in [0.15, 0.2) is 54.9 Å². The second kappa shape index (κ2) is 8.44. The lowest BCUT2D eigenvalue weighted by molar-refractivity contribution is 0.974. The summed E-state index contributed by atoms with van der Waals surface area (Å²) in [6.45, 7) is 3.38. The summed E-state index contributed by atoms with van der Waals surface area (Å²) in [5.74, 6) is 2.35. The first kappa shape index (κ1) is 17.2. The molecule has 128 valence electrons. The highest BCUT2D eigenvalue weighted by atomic mass is 35.5. The van der Waals surface area contributed by atoms with Gasteiger partial charge in [0, 0.05) is 36.6 Å². The molecule has 2 N–H and O–H groups in total. The number of rotatable bonds is 7. The SMILES string of the molecule is Cc1nc(NCCc2ccc(Cl)cc2)cc(NCc2ccncc2)n1. The third kappa shape index (κ3) is 5.43. The maximum atomic E-state index is 5.91. The van der Waals surface area contributed by atoms with E-state index in [1.54, 1.807) is 12.4 Å². The zero-order valence-electron chi connectivity index (χ0n) is 14.0. The number of pyridine rings is 1. The van der Waals surface area contributed by atoms with Crippen molar-refractivity contribution >= 4 is 23.2 Å². The van der Waals surface area contributed by atoms with Crippen molar-refractivity contribution in [1.29, 1.82) is 0 Å². The van der Waals surface area contributed by atoms with Crippen molar-refractivity contribution in [3.05, 3.63) is 76.8 Å². The molecule has 0 saturated heterocycles. The van der Waals surface area contributed by atoms with Crippen molar-refractivity contribution in [3.63, 3.8) is 0 Å². The molecule has 0 aliphatic rings. The number of aromatic nitrogens is 3. The first-order valence-electron chi connectivity index (χ1n) is 8.16. The van der Waals surface area contributed by atoms with Crippen LogP contribution in [0.4, 0.5) is 11.6 Å². The monoisotopic (exact) mass is 353 g/mol. The molecule has 0 atom stereocenters. The van der Waals surface area contributed by atoms with Crippen LogP contribution < -0.4 is 10.6 Å². The van der Waals surface area contributed by atoms with Crippen LogP contribution in [0.5, 0.6) is 0 Å². The van der Waals surface area contributed by atoms with Crippen molar-refractivity contribution < 1.29 is 0 Å².